The first kappa shape index (κ1) is 43.7. The number of carbonyl (C=O) groups is 6. The monoisotopic (exact) mass is 794 g/mol. The summed E-state index contributed by atoms with van der Waals surface area (Å²) in [5.41, 5.74) is 4.21. The van der Waals surface area contributed by atoms with Crippen LogP contribution in [0.4, 0.5) is 19.4 Å². The Morgan fingerprint density at radius 1 is 1.09 bits per heavy atom. The summed E-state index contributed by atoms with van der Waals surface area (Å²) in [7, 11) is 0. The first-order valence-electron chi connectivity index (χ1n) is 16.8. The third-order valence-corrected chi connectivity index (χ3v) is 11.8. The summed E-state index contributed by atoms with van der Waals surface area (Å²) >= 11 is 2.98. The number of halogens is 2. The molecule has 296 valence electrons. The molecule has 0 aromatic carbocycles. The van der Waals surface area contributed by atoms with Crippen LogP contribution in [0.3, 0.4) is 0 Å². The van der Waals surface area contributed by atoms with Crippen LogP contribution >= 0.6 is 23.5 Å². The van der Waals surface area contributed by atoms with Gasteiger partial charge in [-0.15, -0.1) is 0 Å². The standard InChI is InChI=1S/C32H44F2N4O13S2/c1-3-18(28(44)45)15-52-22-4-5-23(22)53-16-19(12-20(40)8-11-48-10-7-17(2)39)27(43)37-31(47)50-14-25(41)49-13-21-26(42)32(33,34)29(51-21)38-9-6-24(35)36-30(38)46/h6,9,18-19,21-23,26,29,42H,3-5,7-8,10-16H2,1-2H3,(H,44,45)(H2,35,36,46)(H,37,43,47)/t18?,19?,21-,22?,23?,26-,29-/m0/s1. The van der Waals surface area contributed by atoms with Gasteiger partial charge in [-0.2, -0.15) is 37.3 Å². The quantitative estimate of drug-likeness (QED) is 0.0960. The van der Waals surface area contributed by atoms with Gasteiger partial charge in [-0.1, -0.05) is 6.92 Å². The van der Waals surface area contributed by atoms with E-state index >= 15 is 0 Å². The van der Waals surface area contributed by atoms with Gasteiger partial charge in [0.25, 0.3) is 0 Å². The topological polar surface area (TPSA) is 253 Å². The zero-order valence-electron chi connectivity index (χ0n) is 29.1. The lowest BCUT2D eigenvalue weighted by Gasteiger charge is -2.36. The number of nitrogens with one attached hydrogen (secondary N) is 1. The SMILES string of the molecule is CCC(CSC1CCC1SCC(CC(=O)CCOCCC(C)=O)C(=O)NC(=O)OCC(=O)OC[C@@H]1O[C@H](n2ccc(N)nc2=O)C(F)(F)[C@H]1O)C(=O)O. The number of nitrogen functional groups attached to an aromatic ring is 1. The van der Waals surface area contributed by atoms with E-state index in [9.17, 15) is 52.6 Å². The summed E-state index contributed by atoms with van der Waals surface area (Å²) in [6, 6.07) is 1.07. The summed E-state index contributed by atoms with van der Waals surface area (Å²) in [5.74, 6) is -8.47. The van der Waals surface area contributed by atoms with Crippen molar-refractivity contribution in [2.24, 2.45) is 11.8 Å². The van der Waals surface area contributed by atoms with E-state index < -0.39 is 79.0 Å². The van der Waals surface area contributed by atoms with E-state index in [0.717, 1.165) is 25.1 Å². The molecule has 0 bridgehead atoms. The number of aliphatic hydroxyl groups excluding tert-OH is 1. The Morgan fingerprint density at radius 2 is 1.74 bits per heavy atom. The molecule has 5 N–H and O–H groups in total. The minimum Gasteiger partial charge on any atom is -0.481 e. The molecule has 1 aliphatic heterocycles. The molecule has 2 heterocycles. The molecule has 7 atom stereocenters. The molecule has 1 aromatic rings. The fourth-order valence-electron chi connectivity index (χ4n) is 5.06. The number of aliphatic hydroxyl groups is 1. The second kappa shape index (κ2) is 20.7. The van der Waals surface area contributed by atoms with E-state index in [2.05, 4.69) is 4.98 Å². The van der Waals surface area contributed by atoms with Gasteiger partial charge in [0.15, 0.2) is 12.7 Å². The number of aliphatic carboxylic acids is 1. The molecule has 2 fully saturated rings. The average molecular weight is 795 g/mol. The van der Waals surface area contributed by atoms with Crippen molar-refractivity contribution in [3.05, 3.63) is 22.7 Å². The maximum atomic E-state index is 14.7. The number of alkyl carbamates (subject to hydrolysis) is 1. The number of aromatic nitrogens is 2. The largest absolute Gasteiger partial charge is 0.481 e. The van der Waals surface area contributed by atoms with Crippen molar-refractivity contribution in [1.29, 1.82) is 0 Å². The van der Waals surface area contributed by atoms with Gasteiger partial charge in [0.2, 0.25) is 12.1 Å². The van der Waals surface area contributed by atoms with Crippen molar-refractivity contribution >= 4 is 64.8 Å². The number of esters is 1. The molecule has 21 heteroatoms. The van der Waals surface area contributed by atoms with Crippen molar-refractivity contribution in [3.63, 3.8) is 0 Å². The van der Waals surface area contributed by atoms with Crippen molar-refractivity contribution in [2.45, 2.75) is 87.2 Å². The van der Waals surface area contributed by atoms with Crippen LogP contribution in [-0.2, 0) is 42.9 Å². The molecule has 1 saturated heterocycles. The number of hydrogen-bond acceptors (Lipinski definition) is 16. The van der Waals surface area contributed by atoms with E-state index in [1.54, 1.807) is 18.7 Å². The number of thioether (sulfide) groups is 2. The summed E-state index contributed by atoms with van der Waals surface area (Å²) in [6.45, 7) is 1.40. The number of nitrogens with zero attached hydrogens (tertiary/aromatic N) is 2. The zero-order chi connectivity index (χ0) is 39.3. The highest BCUT2D eigenvalue weighted by atomic mass is 32.2. The summed E-state index contributed by atoms with van der Waals surface area (Å²) < 4.78 is 49.8. The van der Waals surface area contributed by atoms with Gasteiger partial charge in [0, 0.05) is 47.5 Å². The number of alkyl halides is 2. The van der Waals surface area contributed by atoms with Gasteiger partial charge in [-0.3, -0.25) is 29.1 Å². The molecule has 0 spiro atoms. The van der Waals surface area contributed by atoms with Crippen LogP contribution in [0.15, 0.2) is 17.1 Å². The van der Waals surface area contributed by atoms with Crippen molar-refractivity contribution < 1.29 is 66.7 Å². The highest BCUT2D eigenvalue weighted by Gasteiger charge is 2.60. The Kier molecular flexibility index (Phi) is 17.1. The Labute approximate surface area is 311 Å². The molecule has 17 nitrogen and oxygen atoms in total. The van der Waals surface area contributed by atoms with E-state index in [0.29, 0.717) is 16.7 Å². The van der Waals surface area contributed by atoms with Crippen LogP contribution in [0.1, 0.15) is 58.6 Å². The van der Waals surface area contributed by atoms with E-state index in [1.165, 1.54) is 18.7 Å². The molecule has 1 aromatic heterocycles. The zero-order valence-corrected chi connectivity index (χ0v) is 30.7. The van der Waals surface area contributed by atoms with Crippen LogP contribution in [0, 0.1) is 11.8 Å². The van der Waals surface area contributed by atoms with Crippen LogP contribution in [0.2, 0.25) is 0 Å². The number of imide groups is 1. The second-order valence-corrected chi connectivity index (χ2v) is 15.0. The molecule has 4 unspecified atom stereocenters. The first-order valence-corrected chi connectivity index (χ1v) is 18.9. The maximum Gasteiger partial charge on any atom is 0.414 e. The van der Waals surface area contributed by atoms with Crippen LogP contribution < -0.4 is 16.7 Å². The van der Waals surface area contributed by atoms with Gasteiger partial charge >= 0.3 is 29.6 Å². The predicted molar refractivity (Wildman–Crippen MR) is 185 cm³/mol. The number of ketones is 2. The smallest absolute Gasteiger partial charge is 0.414 e. The Bertz CT molecular complexity index is 1530. The average Bonchev–Trinajstić information content (AvgIpc) is 3.30. The van der Waals surface area contributed by atoms with Gasteiger partial charge in [0.1, 0.15) is 30.1 Å². The van der Waals surface area contributed by atoms with Crippen LogP contribution in [0.25, 0.3) is 0 Å². The van der Waals surface area contributed by atoms with Crippen LogP contribution in [0.5, 0.6) is 0 Å². The lowest BCUT2D eigenvalue weighted by molar-refractivity contribution is -0.154. The fraction of sp³-hybridized carbons (Fsp3) is 0.688. The van der Waals surface area contributed by atoms with Crippen molar-refractivity contribution in [2.75, 3.05) is 43.7 Å². The highest BCUT2D eigenvalue weighted by molar-refractivity contribution is 8.04. The Morgan fingerprint density at radius 3 is 2.32 bits per heavy atom. The van der Waals surface area contributed by atoms with E-state index in [4.69, 9.17) is 24.7 Å². The Balaban J connectivity index is 1.50. The minimum absolute atomic E-state index is 0.0274. The number of carboxylic acids is 1. The number of nitrogens with two attached hydrogens (primary N) is 1. The maximum absolute atomic E-state index is 14.7. The molecule has 3 rings (SSSR count). The number of rotatable bonds is 22. The van der Waals surface area contributed by atoms with Crippen molar-refractivity contribution in [1.82, 2.24) is 14.9 Å². The molecule has 1 aliphatic carbocycles. The number of hydrogen-bond donors (Lipinski definition) is 4. The minimum atomic E-state index is -4.00. The molecule has 1 saturated carbocycles. The number of ether oxygens (including phenoxy) is 4. The van der Waals surface area contributed by atoms with Gasteiger partial charge in [-0.05, 0) is 32.3 Å². The lowest BCUT2D eigenvalue weighted by atomic mass is 9.99. The van der Waals surface area contributed by atoms with Crippen molar-refractivity contribution in [3.8, 4) is 0 Å². The van der Waals surface area contributed by atoms with Gasteiger partial charge < -0.3 is 34.9 Å². The molecule has 0 radical (unpaired) electrons. The highest BCUT2D eigenvalue weighted by Crippen LogP contribution is 2.43. The van der Waals surface area contributed by atoms with E-state index in [-0.39, 0.29) is 66.1 Å². The van der Waals surface area contributed by atoms with Crippen LogP contribution in [-0.4, -0.2) is 122 Å². The number of anilines is 1. The lowest BCUT2D eigenvalue weighted by Crippen LogP contribution is -2.42. The first-order chi connectivity index (χ1) is 25.0. The number of amides is 2. The third kappa shape index (κ3) is 13.3. The van der Waals surface area contributed by atoms with Gasteiger partial charge in [-0.25, -0.2) is 14.4 Å². The molecule has 2 aliphatic rings. The fourth-order valence-corrected chi connectivity index (χ4v) is 8.45. The Hall–Kier alpha value is -3.66. The summed E-state index contributed by atoms with van der Waals surface area (Å²) in [4.78, 5) is 88.4. The molecule has 2 amide bonds. The number of carbonyl (C=O) groups excluding carboxylic acids is 5. The molecular formula is C32H44F2N4O13S2. The van der Waals surface area contributed by atoms with Gasteiger partial charge in [0.05, 0.1) is 25.0 Å². The summed E-state index contributed by atoms with van der Waals surface area (Å²) in [5, 5.41) is 21.7. The molecule has 53 heavy (non-hydrogen) atoms. The third-order valence-electron chi connectivity index (χ3n) is 8.42. The summed E-state index contributed by atoms with van der Waals surface area (Å²) in [6.07, 6.45) is -4.94. The normalized spacial score (nSPS) is 22.9. The van der Waals surface area contributed by atoms with E-state index in [1.807, 2.05) is 5.32 Å². The predicted octanol–water partition coefficient (Wildman–Crippen LogP) is 1.58. The number of Topliss-reactive ketones (excluding diaryl/α,β-unsaturated/α-hetero) is 2. The number of carboxylic acid groups (broad SMARTS) is 1. The second-order valence-electron chi connectivity index (χ2n) is 12.5. The molecular weight excluding hydrogens is 750 g/mol.